The molecule has 278 valence electrons. The molecule has 8 aromatic rings. The molecule has 0 saturated heterocycles. The summed E-state index contributed by atoms with van der Waals surface area (Å²) in [7, 11) is 0. The second-order valence-corrected chi connectivity index (χ2v) is 13.5. The maximum atomic E-state index is 15.0. The van der Waals surface area contributed by atoms with Crippen LogP contribution in [0.5, 0.6) is 0 Å². The number of hydrogen-bond donors (Lipinski definition) is 0. The lowest BCUT2D eigenvalue weighted by Crippen LogP contribution is -2.10. The molecule has 2 heterocycles. The Labute approximate surface area is 311 Å². The van der Waals surface area contributed by atoms with Crippen LogP contribution in [-0.2, 0) is 18.5 Å². The van der Waals surface area contributed by atoms with Crippen LogP contribution in [-0.4, -0.2) is 9.13 Å². The van der Waals surface area contributed by atoms with Crippen LogP contribution in [0.1, 0.15) is 38.9 Å². The molecule has 0 unspecified atom stereocenters. The molecule has 0 radical (unpaired) electrons. The van der Waals surface area contributed by atoms with Crippen molar-refractivity contribution in [2.45, 2.75) is 32.4 Å². The number of benzene rings is 6. The molecule has 0 N–H and O–H groups in total. The Balaban J connectivity index is 1.59. The summed E-state index contributed by atoms with van der Waals surface area (Å²) in [4.78, 5) is 0. The van der Waals surface area contributed by atoms with Gasteiger partial charge in [-0.25, -0.2) is 0 Å². The normalized spacial score (nSPS) is 12.5. The van der Waals surface area contributed by atoms with Crippen molar-refractivity contribution in [3.63, 3.8) is 0 Å². The first kappa shape index (κ1) is 36.3. The van der Waals surface area contributed by atoms with E-state index >= 15 is 0 Å². The number of nitrogens with zero attached hydrogens (tertiary/aromatic N) is 4. The molecule has 0 atom stereocenters. The first-order chi connectivity index (χ1) is 26.4. The van der Waals surface area contributed by atoms with Gasteiger partial charge in [0.2, 0.25) is 0 Å². The van der Waals surface area contributed by atoms with Crippen LogP contribution >= 0.6 is 0 Å². The summed E-state index contributed by atoms with van der Waals surface area (Å²) in [6.07, 6.45) is -14.6. The molecule has 0 spiro atoms. The Morgan fingerprint density at radius 3 is 1.36 bits per heavy atom. The topological polar surface area (TPSA) is 57.4 Å². The van der Waals surface area contributed by atoms with Crippen molar-refractivity contribution in [1.29, 1.82) is 10.5 Å². The summed E-state index contributed by atoms with van der Waals surface area (Å²) < 4.78 is 133. The van der Waals surface area contributed by atoms with Gasteiger partial charge in [0.1, 0.15) is 6.07 Å². The maximum absolute atomic E-state index is 15.0. The lowest BCUT2D eigenvalue weighted by Gasteiger charge is -2.21. The number of aryl methyl sites for hydroxylation is 2. The number of aromatic nitrogens is 2. The van der Waals surface area contributed by atoms with Gasteiger partial charge < -0.3 is 9.13 Å². The van der Waals surface area contributed by atoms with Crippen molar-refractivity contribution in [2.24, 2.45) is 0 Å². The monoisotopic (exact) mass is 766 g/mol. The molecule has 0 aliphatic rings. The van der Waals surface area contributed by atoms with Gasteiger partial charge in [0.15, 0.2) is 0 Å². The highest BCUT2D eigenvalue weighted by molar-refractivity contribution is 6.11. The van der Waals surface area contributed by atoms with E-state index in [4.69, 9.17) is 0 Å². The second kappa shape index (κ2) is 12.4. The zero-order valence-corrected chi connectivity index (χ0v) is 29.0. The SMILES string of the molecule is Cc1ccc2c3ccc(C(F)(F)F)cc3n(-c3cc(-c4ccc(C#N)cc4C(F)(F)F)c(-n4c5cc(C)ccc5c5ccc(C(F)(F)F)cc54)cc3C#N)c2c1. The van der Waals surface area contributed by atoms with Gasteiger partial charge in [0.05, 0.1) is 67.3 Å². The van der Waals surface area contributed by atoms with Crippen LogP contribution in [0.3, 0.4) is 0 Å². The van der Waals surface area contributed by atoms with Gasteiger partial charge in [0.25, 0.3) is 0 Å². The third-order valence-electron chi connectivity index (χ3n) is 9.96. The van der Waals surface area contributed by atoms with E-state index in [0.717, 1.165) is 36.4 Å². The highest BCUT2D eigenvalue weighted by atomic mass is 19.4. The molecule has 4 nitrogen and oxygen atoms in total. The Kier molecular flexibility index (Phi) is 8.03. The van der Waals surface area contributed by atoms with E-state index in [9.17, 15) is 50.0 Å². The molecule has 0 amide bonds. The van der Waals surface area contributed by atoms with Crippen LogP contribution in [0.4, 0.5) is 39.5 Å². The van der Waals surface area contributed by atoms with E-state index in [1.165, 1.54) is 33.4 Å². The molecular formula is C43H23F9N4. The molecule has 0 aliphatic carbocycles. The average Bonchev–Trinajstić information content (AvgIpc) is 3.63. The Bertz CT molecular complexity index is 3040. The van der Waals surface area contributed by atoms with Crippen LogP contribution in [0.2, 0.25) is 0 Å². The third-order valence-corrected chi connectivity index (χ3v) is 9.96. The van der Waals surface area contributed by atoms with Gasteiger partial charge in [-0.1, -0.05) is 42.5 Å². The van der Waals surface area contributed by atoms with Crippen molar-refractivity contribution < 1.29 is 39.5 Å². The third kappa shape index (κ3) is 5.78. The number of rotatable bonds is 3. The number of alkyl halides is 9. The molecular weight excluding hydrogens is 743 g/mol. The molecule has 0 aliphatic heterocycles. The van der Waals surface area contributed by atoms with Gasteiger partial charge in [0, 0.05) is 27.1 Å². The summed E-state index contributed by atoms with van der Waals surface area (Å²) in [6, 6.07) is 25.4. The fourth-order valence-corrected chi connectivity index (χ4v) is 7.46. The minimum atomic E-state index is -5.06. The summed E-state index contributed by atoms with van der Waals surface area (Å²) in [5, 5.41) is 22.0. The molecule has 56 heavy (non-hydrogen) atoms. The van der Waals surface area contributed by atoms with E-state index in [1.54, 1.807) is 56.3 Å². The van der Waals surface area contributed by atoms with Crippen LogP contribution in [0.15, 0.2) is 103 Å². The predicted molar refractivity (Wildman–Crippen MR) is 194 cm³/mol. The quantitative estimate of drug-likeness (QED) is 0.168. The number of nitriles is 2. The summed E-state index contributed by atoms with van der Waals surface area (Å²) in [5.41, 5.74) is -2.68. The summed E-state index contributed by atoms with van der Waals surface area (Å²) in [6.45, 7) is 3.48. The highest BCUT2D eigenvalue weighted by Crippen LogP contribution is 2.46. The smallest absolute Gasteiger partial charge is 0.309 e. The molecule has 2 aromatic heterocycles. The Morgan fingerprint density at radius 1 is 0.446 bits per heavy atom. The Hall–Kier alpha value is -6.73. The lowest BCUT2D eigenvalue weighted by molar-refractivity contribution is -0.138. The minimum Gasteiger partial charge on any atom is -0.309 e. The van der Waals surface area contributed by atoms with E-state index in [1.807, 2.05) is 0 Å². The first-order valence-electron chi connectivity index (χ1n) is 16.8. The molecule has 0 saturated carbocycles. The Morgan fingerprint density at radius 2 is 0.911 bits per heavy atom. The van der Waals surface area contributed by atoms with E-state index in [-0.39, 0.29) is 39.1 Å². The van der Waals surface area contributed by atoms with Crippen molar-refractivity contribution in [1.82, 2.24) is 9.13 Å². The van der Waals surface area contributed by atoms with Gasteiger partial charge in [-0.3, -0.25) is 0 Å². The fourth-order valence-electron chi connectivity index (χ4n) is 7.46. The molecule has 8 rings (SSSR count). The van der Waals surface area contributed by atoms with Crippen LogP contribution in [0, 0.1) is 36.5 Å². The minimum absolute atomic E-state index is 0.00815. The van der Waals surface area contributed by atoms with Gasteiger partial charge in [-0.05, 0) is 91.2 Å². The van der Waals surface area contributed by atoms with E-state index in [2.05, 4.69) is 6.07 Å². The van der Waals surface area contributed by atoms with Crippen LogP contribution < -0.4 is 0 Å². The number of halogens is 9. The highest BCUT2D eigenvalue weighted by Gasteiger charge is 2.36. The van der Waals surface area contributed by atoms with Crippen molar-refractivity contribution in [3.8, 4) is 34.6 Å². The predicted octanol–water partition coefficient (Wildman–Crippen LogP) is 13.0. The zero-order valence-electron chi connectivity index (χ0n) is 29.0. The van der Waals surface area contributed by atoms with Crippen molar-refractivity contribution >= 4 is 43.6 Å². The van der Waals surface area contributed by atoms with Crippen LogP contribution in [0.25, 0.3) is 66.1 Å². The molecule has 0 bridgehead atoms. The summed E-state index contributed by atoms with van der Waals surface area (Å²) in [5.74, 6) is 0. The largest absolute Gasteiger partial charge is 0.417 e. The standard InChI is InChI=1S/C43H23F9N4/c1-22-3-8-29-31-11-6-26(41(44,45)46)17-39(31)55(36(29)13-22)35-19-33(28-10-5-24(20-53)15-34(28)43(50,51)52)38(16-25(35)21-54)56-37-14-23(2)4-9-30(37)32-12-7-27(18-40(32)56)42(47,48)49/h3-19H,1-2H3. The van der Waals surface area contributed by atoms with Gasteiger partial charge in [-0.15, -0.1) is 0 Å². The molecule has 13 heteroatoms. The molecule has 6 aromatic carbocycles. The van der Waals surface area contributed by atoms with Gasteiger partial charge in [-0.2, -0.15) is 50.0 Å². The van der Waals surface area contributed by atoms with Crippen molar-refractivity contribution in [3.05, 3.63) is 142 Å². The maximum Gasteiger partial charge on any atom is 0.417 e. The van der Waals surface area contributed by atoms with E-state index < -0.39 is 40.8 Å². The van der Waals surface area contributed by atoms with E-state index in [0.29, 0.717) is 49.8 Å². The lowest BCUT2D eigenvalue weighted by atomic mass is 9.93. The molecule has 0 fully saturated rings. The zero-order chi connectivity index (χ0) is 40.1. The average molecular weight is 767 g/mol. The first-order valence-corrected chi connectivity index (χ1v) is 16.8. The fraction of sp³-hybridized carbons (Fsp3) is 0.116. The number of fused-ring (bicyclic) bond motifs is 6. The summed E-state index contributed by atoms with van der Waals surface area (Å²) >= 11 is 0. The van der Waals surface area contributed by atoms with Gasteiger partial charge >= 0.3 is 18.5 Å². The van der Waals surface area contributed by atoms with Crippen molar-refractivity contribution in [2.75, 3.05) is 0 Å². The number of hydrogen-bond acceptors (Lipinski definition) is 2. The second-order valence-electron chi connectivity index (χ2n) is 13.5.